The van der Waals surface area contributed by atoms with Gasteiger partial charge in [-0.05, 0) is 0 Å². The Kier molecular flexibility index (Phi) is 5.09. The summed E-state index contributed by atoms with van der Waals surface area (Å²) < 4.78 is 1.03. The van der Waals surface area contributed by atoms with Gasteiger partial charge in [0.15, 0.2) is 0 Å². The molecule has 0 spiro atoms. The molecule has 0 aliphatic carbocycles. The van der Waals surface area contributed by atoms with Crippen molar-refractivity contribution in [2.45, 2.75) is 37.1 Å². The van der Waals surface area contributed by atoms with Crippen molar-refractivity contribution in [3.8, 4) is 0 Å². The van der Waals surface area contributed by atoms with Crippen molar-refractivity contribution in [3.05, 3.63) is 0 Å². The SMILES string of the molecule is CCC[AsH]C(C)C. The van der Waals surface area contributed by atoms with Gasteiger partial charge in [0.05, 0.1) is 0 Å². The first-order valence-electron chi connectivity index (χ1n) is 3.00. The van der Waals surface area contributed by atoms with Crippen molar-refractivity contribution in [1.82, 2.24) is 0 Å². The van der Waals surface area contributed by atoms with Gasteiger partial charge in [-0.15, -0.1) is 0 Å². The molecule has 0 heterocycles. The van der Waals surface area contributed by atoms with Gasteiger partial charge < -0.3 is 0 Å². The molecule has 0 bridgehead atoms. The van der Waals surface area contributed by atoms with E-state index in [1.165, 1.54) is 11.6 Å². The zero-order valence-electron chi connectivity index (χ0n) is 5.49. The van der Waals surface area contributed by atoms with Crippen molar-refractivity contribution < 1.29 is 0 Å². The first-order valence-corrected chi connectivity index (χ1v) is 5.70. The fourth-order valence-electron chi connectivity index (χ4n) is 0.433. The summed E-state index contributed by atoms with van der Waals surface area (Å²) in [5.41, 5.74) is 0. The van der Waals surface area contributed by atoms with Gasteiger partial charge in [-0.3, -0.25) is 0 Å². The Morgan fingerprint density at radius 3 is 2.14 bits per heavy atom. The van der Waals surface area contributed by atoms with Crippen LogP contribution in [0.25, 0.3) is 0 Å². The van der Waals surface area contributed by atoms with Gasteiger partial charge in [-0.25, -0.2) is 0 Å². The van der Waals surface area contributed by atoms with Crippen LogP contribution in [0.15, 0.2) is 0 Å². The molecule has 7 heavy (non-hydrogen) atoms. The summed E-state index contributed by atoms with van der Waals surface area (Å²) in [5, 5.41) is 1.53. The molecule has 0 aliphatic heterocycles. The Labute approximate surface area is 53.4 Å². The van der Waals surface area contributed by atoms with Crippen LogP contribution < -0.4 is 0 Å². The van der Waals surface area contributed by atoms with Crippen LogP contribution >= 0.6 is 0 Å². The van der Waals surface area contributed by atoms with Gasteiger partial charge in [0.1, 0.15) is 0 Å². The summed E-state index contributed by atoms with van der Waals surface area (Å²) in [6.07, 6.45) is 1.40. The van der Waals surface area contributed by atoms with E-state index in [4.69, 9.17) is 0 Å². The van der Waals surface area contributed by atoms with Crippen molar-refractivity contribution in [2.75, 3.05) is 0 Å². The minimum absolute atomic E-state index is 0.451. The predicted molar refractivity (Wildman–Crippen MR) is 37.3 cm³/mol. The Morgan fingerprint density at radius 2 is 2.00 bits per heavy atom. The fraction of sp³-hybridized carbons (Fsp3) is 1.00. The van der Waals surface area contributed by atoms with E-state index in [0.717, 1.165) is 4.71 Å². The molecule has 0 nitrogen and oxygen atoms in total. The van der Waals surface area contributed by atoms with Crippen LogP contribution in [0.3, 0.4) is 0 Å². The second-order valence-electron chi connectivity index (χ2n) is 2.11. The van der Waals surface area contributed by atoms with E-state index in [1.54, 1.807) is 0 Å². The standard InChI is InChI=1S/C6H15As/c1-4-5-7-6(2)3/h6-7H,4-5H2,1-3H3. The van der Waals surface area contributed by atoms with Crippen molar-refractivity contribution in [2.24, 2.45) is 0 Å². The third-order valence-corrected chi connectivity index (χ3v) is 4.17. The van der Waals surface area contributed by atoms with Crippen LogP contribution in [0.1, 0.15) is 27.2 Å². The predicted octanol–water partition coefficient (Wildman–Crippen LogP) is 2.08. The molecule has 1 unspecified atom stereocenters. The molecule has 0 aromatic carbocycles. The van der Waals surface area contributed by atoms with Crippen LogP contribution in [0, 0.1) is 0 Å². The second kappa shape index (κ2) is 4.71. The van der Waals surface area contributed by atoms with Gasteiger partial charge >= 0.3 is 52.9 Å². The molecule has 0 saturated carbocycles. The van der Waals surface area contributed by atoms with Crippen molar-refractivity contribution >= 4 is 15.8 Å². The van der Waals surface area contributed by atoms with E-state index in [-0.39, 0.29) is 0 Å². The van der Waals surface area contributed by atoms with Gasteiger partial charge in [-0.2, -0.15) is 0 Å². The number of hydrogen-bond acceptors (Lipinski definition) is 0. The molecule has 0 amide bonds. The summed E-state index contributed by atoms with van der Waals surface area (Å²) >= 11 is 0.451. The zero-order chi connectivity index (χ0) is 5.70. The first-order chi connectivity index (χ1) is 3.27. The molecule has 0 aromatic heterocycles. The van der Waals surface area contributed by atoms with E-state index in [9.17, 15) is 0 Å². The minimum atomic E-state index is 0.451. The average Bonchev–Trinajstić information content (AvgIpc) is 1.61. The molecule has 0 rings (SSSR count). The second-order valence-corrected chi connectivity index (χ2v) is 6.44. The maximum absolute atomic E-state index is 2.33. The Hall–Kier alpha value is 0.558. The molecule has 0 radical (unpaired) electrons. The topological polar surface area (TPSA) is 0 Å². The van der Waals surface area contributed by atoms with Gasteiger partial charge in [0.2, 0.25) is 0 Å². The van der Waals surface area contributed by atoms with Crippen molar-refractivity contribution in [1.29, 1.82) is 0 Å². The van der Waals surface area contributed by atoms with Crippen LogP contribution in [0.2, 0.25) is 9.91 Å². The van der Waals surface area contributed by atoms with Gasteiger partial charge in [-0.1, -0.05) is 0 Å². The number of rotatable bonds is 3. The maximum atomic E-state index is 2.33. The summed E-state index contributed by atoms with van der Waals surface area (Å²) in [4.78, 5) is 0. The summed E-state index contributed by atoms with van der Waals surface area (Å²) in [5.74, 6) is 0. The van der Waals surface area contributed by atoms with Crippen molar-refractivity contribution in [3.63, 3.8) is 0 Å². The first kappa shape index (κ1) is 7.56. The molecule has 0 aromatic rings. The van der Waals surface area contributed by atoms with E-state index in [0.29, 0.717) is 15.8 Å². The number of hydrogen-bond donors (Lipinski definition) is 0. The molecule has 44 valence electrons. The third kappa shape index (κ3) is 6.56. The fourth-order valence-corrected chi connectivity index (χ4v) is 2.25. The van der Waals surface area contributed by atoms with Crippen LogP contribution in [-0.4, -0.2) is 15.8 Å². The summed E-state index contributed by atoms with van der Waals surface area (Å²) in [6.45, 7) is 6.93. The van der Waals surface area contributed by atoms with Crippen LogP contribution in [0.5, 0.6) is 0 Å². The third-order valence-electron chi connectivity index (χ3n) is 0.803. The van der Waals surface area contributed by atoms with Crippen LogP contribution in [0.4, 0.5) is 0 Å². The quantitative estimate of drug-likeness (QED) is 0.557. The zero-order valence-corrected chi connectivity index (χ0v) is 7.59. The van der Waals surface area contributed by atoms with Gasteiger partial charge in [0.25, 0.3) is 0 Å². The van der Waals surface area contributed by atoms with E-state index < -0.39 is 0 Å². The average molecular weight is 162 g/mol. The molecule has 1 atom stereocenters. The van der Waals surface area contributed by atoms with E-state index in [2.05, 4.69) is 20.8 Å². The van der Waals surface area contributed by atoms with E-state index >= 15 is 0 Å². The summed E-state index contributed by atoms with van der Waals surface area (Å²) in [7, 11) is 0. The Bertz CT molecular complexity index is 33.2. The normalized spacial score (nSPS) is 12.0. The van der Waals surface area contributed by atoms with E-state index in [1.807, 2.05) is 0 Å². The molecule has 0 aliphatic rings. The Balaban J connectivity index is 2.68. The molecule has 0 saturated heterocycles. The van der Waals surface area contributed by atoms with Crippen LogP contribution in [-0.2, 0) is 0 Å². The Morgan fingerprint density at radius 1 is 1.43 bits per heavy atom. The molecule has 0 fully saturated rings. The molecule has 1 heteroatoms. The molecule has 0 N–H and O–H groups in total. The molecular weight excluding hydrogens is 147 g/mol. The molecular formula is C6H15As. The summed E-state index contributed by atoms with van der Waals surface area (Å²) in [6, 6.07) is 0. The van der Waals surface area contributed by atoms with Gasteiger partial charge in [0, 0.05) is 0 Å². The monoisotopic (exact) mass is 162 g/mol.